The highest BCUT2D eigenvalue weighted by atomic mass is 32.2. The van der Waals surface area contributed by atoms with E-state index in [0.717, 1.165) is 36.8 Å². The van der Waals surface area contributed by atoms with Crippen LogP contribution in [0.25, 0.3) is 0 Å². The molecule has 12 nitrogen and oxygen atoms in total. The molecule has 1 fully saturated rings. The van der Waals surface area contributed by atoms with Crippen LogP contribution in [0, 0.1) is 23.6 Å². The summed E-state index contributed by atoms with van der Waals surface area (Å²) in [5.41, 5.74) is 3.17. The summed E-state index contributed by atoms with van der Waals surface area (Å²) in [6.45, 7) is 9.70. The van der Waals surface area contributed by atoms with Crippen molar-refractivity contribution >= 4 is 27.3 Å². The molecule has 0 spiro atoms. The van der Waals surface area contributed by atoms with E-state index in [9.17, 15) is 19.4 Å². The molecule has 6 atom stereocenters. The van der Waals surface area contributed by atoms with E-state index >= 15 is 8.42 Å². The van der Waals surface area contributed by atoms with Gasteiger partial charge >= 0.3 is 0 Å². The Balaban J connectivity index is 1.58. The van der Waals surface area contributed by atoms with Crippen molar-refractivity contribution in [3.05, 3.63) is 108 Å². The first-order valence-corrected chi connectivity index (χ1v) is 22.9. The molecule has 1 saturated carbocycles. The maximum Gasteiger partial charge on any atom is 0.243 e. The van der Waals surface area contributed by atoms with Gasteiger partial charge in [-0.15, -0.1) is 6.58 Å². The normalized spacial score (nSPS) is 23.7. The molecule has 3 aromatic carbocycles. The van der Waals surface area contributed by atoms with Gasteiger partial charge in [0.15, 0.2) is 0 Å². The number of aliphatic hydroxyl groups is 2. The number of benzene rings is 3. The number of rotatable bonds is 22. The van der Waals surface area contributed by atoms with Crippen LogP contribution in [0.3, 0.4) is 0 Å². The molecule has 0 unspecified atom stereocenters. The first-order valence-electron chi connectivity index (χ1n) is 21.5. The number of hydrogen-bond acceptors (Lipinski definition) is 10. The average Bonchev–Trinajstić information content (AvgIpc) is 3.25. The molecule has 14 heteroatoms. The van der Waals surface area contributed by atoms with E-state index in [4.69, 9.17) is 24.2 Å². The second-order valence-electron chi connectivity index (χ2n) is 15.9. The van der Waals surface area contributed by atoms with Gasteiger partial charge in [-0.1, -0.05) is 55.3 Å². The highest BCUT2D eigenvalue weighted by molar-refractivity contribution is 7.89. The lowest BCUT2D eigenvalue weighted by Crippen LogP contribution is -2.70. The fraction of sp³-hybridized carbons (Fsp3) is 0.489. The number of anilines is 1. The van der Waals surface area contributed by atoms with Crippen molar-refractivity contribution in [2.45, 2.75) is 101 Å². The Bertz CT molecular complexity index is 2150. The lowest BCUT2D eigenvalue weighted by Gasteiger charge is -2.59. The minimum Gasteiger partial charge on any atom is -0.489 e. The molecule has 1 aliphatic heterocycles. The molecular weight excluding hydrogens is 802 g/mol. The third-order valence-electron chi connectivity index (χ3n) is 11.9. The van der Waals surface area contributed by atoms with Crippen LogP contribution in [-0.2, 0) is 31.0 Å². The summed E-state index contributed by atoms with van der Waals surface area (Å²) >= 11 is 0. The van der Waals surface area contributed by atoms with Crippen molar-refractivity contribution in [2.24, 2.45) is 22.9 Å². The van der Waals surface area contributed by atoms with Gasteiger partial charge in [-0.2, -0.15) is 4.31 Å². The predicted molar refractivity (Wildman–Crippen MR) is 232 cm³/mol. The number of nitrogens with zero attached hydrogens (tertiary/aromatic N) is 2. The van der Waals surface area contributed by atoms with Crippen molar-refractivity contribution in [2.75, 3.05) is 38.3 Å². The minimum absolute atomic E-state index is 0.00449. The number of oxime groups is 1. The van der Waals surface area contributed by atoms with Crippen LogP contribution in [0.2, 0.25) is 0 Å². The van der Waals surface area contributed by atoms with Gasteiger partial charge in [0.25, 0.3) is 0 Å². The van der Waals surface area contributed by atoms with Crippen LogP contribution in [0.1, 0.15) is 89.2 Å². The molecule has 0 aromatic heterocycles. The number of nitrogens with one attached hydrogen (secondary N) is 1. The van der Waals surface area contributed by atoms with Gasteiger partial charge in [0.2, 0.25) is 21.7 Å². The van der Waals surface area contributed by atoms with Gasteiger partial charge in [0, 0.05) is 55.8 Å². The zero-order valence-electron chi connectivity index (χ0n) is 35.4. The van der Waals surface area contributed by atoms with E-state index in [2.05, 4.69) is 18.0 Å². The zero-order chi connectivity index (χ0) is 43.6. The van der Waals surface area contributed by atoms with Crippen LogP contribution >= 0.6 is 0 Å². The topological polar surface area (TPSA) is 156 Å². The molecule has 330 valence electrons. The van der Waals surface area contributed by atoms with Gasteiger partial charge in [0.05, 0.1) is 29.2 Å². The van der Waals surface area contributed by atoms with Crippen molar-refractivity contribution < 1.29 is 46.9 Å². The number of carbonyl (C=O) groups excluding carboxylic acids is 1. The minimum atomic E-state index is -4.25. The van der Waals surface area contributed by atoms with E-state index in [1.807, 2.05) is 26.0 Å². The Kier molecular flexibility index (Phi) is 15.8. The Morgan fingerprint density at radius 2 is 1.79 bits per heavy atom. The Morgan fingerprint density at radius 3 is 2.46 bits per heavy atom. The zero-order valence-corrected chi connectivity index (χ0v) is 36.2. The summed E-state index contributed by atoms with van der Waals surface area (Å²) in [4.78, 5) is 17.6. The molecule has 6 rings (SSSR count). The number of fused-ring (bicyclic) bond motifs is 2. The predicted octanol–water partition coefficient (Wildman–Crippen LogP) is 8.12. The van der Waals surface area contributed by atoms with Gasteiger partial charge in [-0.3, -0.25) is 4.79 Å². The van der Waals surface area contributed by atoms with E-state index in [1.54, 1.807) is 42.5 Å². The highest BCUT2D eigenvalue weighted by Crippen LogP contribution is 2.62. The highest BCUT2D eigenvalue weighted by Gasteiger charge is 2.66. The number of hydrogen-bond donors (Lipinski definition) is 3. The summed E-state index contributed by atoms with van der Waals surface area (Å²) < 4.78 is 66.9. The number of unbranched alkanes of at least 4 members (excludes halogenated alkanes) is 2. The fourth-order valence-corrected chi connectivity index (χ4v) is 11.1. The Morgan fingerprint density at radius 1 is 1.05 bits per heavy atom. The number of amides is 1. The monoisotopic (exact) mass is 861 g/mol. The van der Waals surface area contributed by atoms with Gasteiger partial charge in [-0.05, 0) is 105 Å². The molecule has 2 aliphatic carbocycles. The van der Waals surface area contributed by atoms with Gasteiger partial charge in [0.1, 0.15) is 30.5 Å². The van der Waals surface area contributed by atoms with E-state index in [1.165, 1.54) is 29.4 Å². The number of ether oxygens (including phenoxy) is 3. The number of sulfonamides is 1. The first kappa shape index (κ1) is 45.9. The van der Waals surface area contributed by atoms with E-state index < -0.39 is 27.8 Å². The summed E-state index contributed by atoms with van der Waals surface area (Å²) in [6, 6.07) is 17.2. The van der Waals surface area contributed by atoms with Crippen LogP contribution in [0.15, 0.2) is 101 Å². The maximum absolute atomic E-state index is 15.1. The summed E-state index contributed by atoms with van der Waals surface area (Å²) in [5, 5.41) is 27.2. The molecule has 3 aliphatic rings. The fourth-order valence-electron chi connectivity index (χ4n) is 9.35. The maximum atomic E-state index is 15.1. The lowest BCUT2D eigenvalue weighted by atomic mass is 9.55. The van der Waals surface area contributed by atoms with Crippen LogP contribution in [-0.4, -0.2) is 79.4 Å². The summed E-state index contributed by atoms with van der Waals surface area (Å²) in [6.07, 6.45) is 8.70. The first-order chi connectivity index (χ1) is 29.5. The summed E-state index contributed by atoms with van der Waals surface area (Å²) in [5.74, 6) is -2.19. The molecule has 3 aromatic rings. The number of allylic oxidation sites excluding steroid dienone is 1. The van der Waals surface area contributed by atoms with Crippen molar-refractivity contribution in [1.82, 2.24) is 4.31 Å². The Hall–Kier alpha value is -4.60. The molecule has 0 radical (unpaired) electrons. The number of carbonyl (C=O) groups is 1. The average molecular weight is 862 g/mol. The SMILES string of the molecule is C=CCO[C@@]12Oc3ccc(OCc4ccccc4F)cc3[C@H]3[C@H](CCCCO)[C@@H](CCCCO)C=C(C(=NOCC)C[C@@H]1N(CCC)S(=O)(=O)c1ccc(NC(C)=O)cc1)[C@H]32. The molecule has 3 N–H and O–H groups in total. The second-order valence-corrected chi connectivity index (χ2v) is 17.8. The molecular formula is C47H60FN3O9S. The molecule has 0 bridgehead atoms. The van der Waals surface area contributed by atoms with Crippen molar-refractivity contribution in [3.63, 3.8) is 0 Å². The van der Waals surface area contributed by atoms with E-state index in [0.29, 0.717) is 47.7 Å². The van der Waals surface area contributed by atoms with Crippen molar-refractivity contribution in [1.29, 1.82) is 0 Å². The van der Waals surface area contributed by atoms with Crippen molar-refractivity contribution in [3.8, 4) is 11.5 Å². The van der Waals surface area contributed by atoms with Crippen LogP contribution < -0.4 is 14.8 Å². The second kappa shape index (κ2) is 21.0. The van der Waals surface area contributed by atoms with Gasteiger partial charge < -0.3 is 34.6 Å². The third-order valence-corrected chi connectivity index (χ3v) is 13.8. The van der Waals surface area contributed by atoms with E-state index in [-0.39, 0.29) is 80.4 Å². The van der Waals surface area contributed by atoms with Gasteiger partial charge in [-0.25, -0.2) is 12.8 Å². The molecule has 61 heavy (non-hydrogen) atoms. The molecule has 1 heterocycles. The number of aliphatic hydroxyl groups excluding tert-OH is 2. The third kappa shape index (κ3) is 10.0. The molecule has 1 amide bonds. The molecule has 0 saturated heterocycles. The quantitative estimate of drug-likeness (QED) is 0.0516. The summed E-state index contributed by atoms with van der Waals surface area (Å²) in [7, 11) is -4.25. The number of halogens is 1. The Labute approximate surface area is 359 Å². The largest absolute Gasteiger partial charge is 0.489 e. The smallest absolute Gasteiger partial charge is 0.243 e. The van der Waals surface area contributed by atoms with Crippen LogP contribution in [0.5, 0.6) is 11.5 Å². The standard InChI is InChI=1S/C47H60FN3O9S/c1-5-24-51(61(55,56)37-21-18-35(19-22-37)49-32(4)54)44-30-42(50-59-7-3)39-28-33(14-10-12-25-52)38(16-11-13-26-53)45-40-29-36(57-31-34-15-8-9-17-41(34)48)20-23-43(40)60-47(44,46(39)45)58-27-6-2/h6,8-9,15,17-23,28-29,33,38,44-46,52-53H,2,5,7,10-14,16,24-27,30-31H2,1,3-4H3,(H,49,54)/t33-,38+,44-,45+,46+,47+/m0/s1. The lowest BCUT2D eigenvalue weighted by molar-refractivity contribution is -0.251. The van der Waals surface area contributed by atoms with Crippen LogP contribution in [0.4, 0.5) is 10.1 Å².